The molecule has 3 heteroatoms. The molecule has 2 unspecified atom stereocenters. The summed E-state index contributed by atoms with van der Waals surface area (Å²) >= 11 is 0. The number of benzene rings is 1. The van der Waals surface area contributed by atoms with Gasteiger partial charge in [0.25, 0.3) is 0 Å². The molecule has 0 saturated heterocycles. The number of aryl methyl sites for hydroxylation is 1. The predicted molar refractivity (Wildman–Crippen MR) is 62.1 cm³/mol. The molecule has 1 rings (SSSR count). The van der Waals surface area contributed by atoms with Crippen LogP contribution in [0.3, 0.4) is 0 Å². The second-order valence-corrected chi connectivity index (χ2v) is 4.17. The molecular formula is C13H19FO2. The molecule has 0 aliphatic rings. The minimum atomic E-state index is -0.477. The Bertz CT molecular complexity index is 339. The van der Waals surface area contributed by atoms with Crippen LogP contribution in [0, 0.1) is 18.7 Å². The summed E-state index contributed by atoms with van der Waals surface area (Å²) in [6, 6.07) is 4.37. The van der Waals surface area contributed by atoms with Crippen LogP contribution in [0.5, 0.6) is 5.75 Å². The highest BCUT2D eigenvalue weighted by atomic mass is 19.1. The summed E-state index contributed by atoms with van der Waals surface area (Å²) in [5, 5.41) is 9.73. The van der Waals surface area contributed by atoms with Crippen LogP contribution in [-0.2, 0) is 0 Å². The van der Waals surface area contributed by atoms with Crippen LogP contribution in [0.1, 0.15) is 25.8 Å². The minimum Gasteiger partial charge on any atom is -0.491 e. The maximum absolute atomic E-state index is 12.8. The lowest BCUT2D eigenvalue weighted by atomic mass is 10.0. The van der Waals surface area contributed by atoms with Crippen molar-refractivity contribution in [2.24, 2.45) is 5.92 Å². The zero-order valence-electron chi connectivity index (χ0n) is 10.0. The molecule has 1 aromatic rings. The van der Waals surface area contributed by atoms with E-state index in [2.05, 4.69) is 0 Å². The van der Waals surface area contributed by atoms with Crippen LogP contribution in [0.25, 0.3) is 0 Å². The van der Waals surface area contributed by atoms with Crippen molar-refractivity contribution in [1.82, 2.24) is 0 Å². The van der Waals surface area contributed by atoms with Crippen molar-refractivity contribution in [2.75, 3.05) is 6.61 Å². The lowest BCUT2D eigenvalue weighted by Crippen LogP contribution is -2.25. The second-order valence-electron chi connectivity index (χ2n) is 4.17. The monoisotopic (exact) mass is 226 g/mol. The van der Waals surface area contributed by atoms with E-state index in [4.69, 9.17) is 4.74 Å². The Morgan fingerprint density at radius 2 is 2.12 bits per heavy atom. The van der Waals surface area contributed by atoms with Crippen molar-refractivity contribution in [1.29, 1.82) is 0 Å². The molecular weight excluding hydrogens is 207 g/mol. The number of hydrogen-bond donors (Lipinski definition) is 1. The first-order valence-corrected chi connectivity index (χ1v) is 5.61. The van der Waals surface area contributed by atoms with Crippen molar-refractivity contribution in [3.8, 4) is 5.75 Å². The fraction of sp³-hybridized carbons (Fsp3) is 0.538. The molecule has 0 spiro atoms. The molecule has 16 heavy (non-hydrogen) atoms. The van der Waals surface area contributed by atoms with Gasteiger partial charge in [0.05, 0.1) is 6.10 Å². The molecule has 0 fully saturated rings. The molecule has 0 aromatic heterocycles. The Kier molecular flexibility index (Phi) is 4.74. The van der Waals surface area contributed by atoms with Gasteiger partial charge in [-0.05, 0) is 36.6 Å². The first kappa shape index (κ1) is 13.0. The third kappa shape index (κ3) is 3.49. The van der Waals surface area contributed by atoms with Gasteiger partial charge in [0.2, 0.25) is 0 Å². The lowest BCUT2D eigenvalue weighted by molar-refractivity contribution is 0.0619. The van der Waals surface area contributed by atoms with Gasteiger partial charge in [-0.1, -0.05) is 20.3 Å². The highest BCUT2D eigenvalue weighted by Gasteiger charge is 2.13. The third-order valence-electron chi connectivity index (χ3n) is 2.85. The Morgan fingerprint density at radius 1 is 1.44 bits per heavy atom. The van der Waals surface area contributed by atoms with Crippen molar-refractivity contribution in [2.45, 2.75) is 33.3 Å². The summed E-state index contributed by atoms with van der Waals surface area (Å²) in [6.45, 7) is 6.04. The van der Waals surface area contributed by atoms with Crippen LogP contribution >= 0.6 is 0 Å². The minimum absolute atomic E-state index is 0.209. The summed E-state index contributed by atoms with van der Waals surface area (Å²) < 4.78 is 18.3. The van der Waals surface area contributed by atoms with Gasteiger partial charge >= 0.3 is 0 Å². The molecule has 0 heterocycles. The van der Waals surface area contributed by atoms with Crippen LogP contribution in [-0.4, -0.2) is 17.8 Å². The fourth-order valence-corrected chi connectivity index (χ4v) is 1.39. The number of ether oxygens (including phenoxy) is 1. The van der Waals surface area contributed by atoms with Gasteiger partial charge in [-0.2, -0.15) is 0 Å². The average Bonchev–Trinajstić information content (AvgIpc) is 2.26. The quantitative estimate of drug-likeness (QED) is 0.836. The molecule has 90 valence electrons. The summed E-state index contributed by atoms with van der Waals surface area (Å²) in [6.07, 6.45) is 0.432. The van der Waals surface area contributed by atoms with E-state index in [0.29, 0.717) is 5.75 Å². The zero-order chi connectivity index (χ0) is 12.1. The number of hydrogen-bond acceptors (Lipinski definition) is 2. The highest BCUT2D eigenvalue weighted by Crippen LogP contribution is 2.19. The standard InChI is InChI=1S/C13H19FO2/c1-4-9(2)12(15)8-16-13-6-5-11(14)7-10(13)3/h5-7,9,12,15H,4,8H2,1-3H3. The smallest absolute Gasteiger partial charge is 0.123 e. The van der Waals surface area contributed by atoms with Gasteiger partial charge in [0, 0.05) is 0 Å². The molecule has 0 saturated carbocycles. The Labute approximate surface area is 96.1 Å². The van der Waals surface area contributed by atoms with Crippen LogP contribution in [0.2, 0.25) is 0 Å². The largest absolute Gasteiger partial charge is 0.491 e. The van der Waals surface area contributed by atoms with Crippen molar-refractivity contribution in [3.63, 3.8) is 0 Å². The number of rotatable bonds is 5. The highest BCUT2D eigenvalue weighted by molar-refractivity contribution is 5.32. The first-order chi connectivity index (χ1) is 7.54. The van der Waals surface area contributed by atoms with E-state index < -0.39 is 6.10 Å². The van der Waals surface area contributed by atoms with Gasteiger partial charge in [-0.3, -0.25) is 0 Å². The SMILES string of the molecule is CCC(C)C(O)COc1ccc(F)cc1C. The maximum Gasteiger partial charge on any atom is 0.123 e. The van der Waals surface area contributed by atoms with Crippen LogP contribution < -0.4 is 4.74 Å². The number of halogens is 1. The molecule has 0 aliphatic heterocycles. The van der Waals surface area contributed by atoms with E-state index in [0.717, 1.165) is 12.0 Å². The molecule has 1 N–H and O–H groups in total. The fourth-order valence-electron chi connectivity index (χ4n) is 1.39. The normalized spacial score (nSPS) is 14.6. The predicted octanol–water partition coefficient (Wildman–Crippen LogP) is 2.92. The van der Waals surface area contributed by atoms with Crippen LogP contribution in [0.15, 0.2) is 18.2 Å². The van der Waals surface area contributed by atoms with Crippen molar-refractivity contribution < 1.29 is 14.2 Å². The lowest BCUT2D eigenvalue weighted by Gasteiger charge is -2.18. The van der Waals surface area contributed by atoms with Gasteiger partial charge in [0.1, 0.15) is 18.2 Å². The second kappa shape index (κ2) is 5.85. The summed E-state index contributed by atoms with van der Waals surface area (Å²) in [5.74, 6) is 0.567. The summed E-state index contributed by atoms with van der Waals surface area (Å²) in [5.41, 5.74) is 0.747. The van der Waals surface area contributed by atoms with E-state index in [-0.39, 0.29) is 18.3 Å². The topological polar surface area (TPSA) is 29.5 Å². The average molecular weight is 226 g/mol. The zero-order valence-corrected chi connectivity index (χ0v) is 10.0. The van der Waals surface area contributed by atoms with E-state index in [1.165, 1.54) is 12.1 Å². The molecule has 2 atom stereocenters. The molecule has 2 nitrogen and oxygen atoms in total. The molecule has 0 aliphatic carbocycles. The van der Waals surface area contributed by atoms with E-state index >= 15 is 0 Å². The van der Waals surface area contributed by atoms with Gasteiger partial charge in [0.15, 0.2) is 0 Å². The van der Waals surface area contributed by atoms with Crippen molar-refractivity contribution in [3.05, 3.63) is 29.6 Å². The van der Waals surface area contributed by atoms with Gasteiger partial charge < -0.3 is 9.84 Å². The molecule has 0 amide bonds. The Morgan fingerprint density at radius 3 is 2.69 bits per heavy atom. The molecule has 1 aromatic carbocycles. The maximum atomic E-state index is 12.8. The number of aliphatic hydroxyl groups excluding tert-OH is 1. The van der Waals surface area contributed by atoms with E-state index in [1.54, 1.807) is 13.0 Å². The van der Waals surface area contributed by atoms with Gasteiger partial charge in [-0.15, -0.1) is 0 Å². The third-order valence-corrected chi connectivity index (χ3v) is 2.85. The molecule has 0 radical (unpaired) electrons. The van der Waals surface area contributed by atoms with E-state index in [1.807, 2.05) is 13.8 Å². The summed E-state index contributed by atoms with van der Waals surface area (Å²) in [7, 11) is 0. The van der Waals surface area contributed by atoms with Crippen molar-refractivity contribution >= 4 is 0 Å². The first-order valence-electron chi connectivity index (χ1n) is 5.61. The number of aliphatic hydroxyl groups is 1. The van der Waals surface area contributed by atoms with Gasteiger partial charge in [-0.25, -0.2) is 4.39 Å². The van der Waals surface area contributed by atoms with Crippen LogP contribution in [0.4, 0.5) is 4.39 Å². The Balaban J connectivity index is 2.54. The Hall–Kier alpha value is -1.09. The van der Waals surface area contributed by atoms with E-state index in [9.17, 15) is 9.50 Å². The summed E-state index contributed by atoms with van der Waals surface area (Å²) in [4.78, 5) is 0. The molecule has 0 bridgehead atoms.